The minimum atomic E-state index is 0.154. The normalized spacial score (nSPS) is 12.4. The molecule has 0 aliphatic rings. The van der Waals surface area contributed by atoms with Crippen LogP contribution in [0.25, 0.3) is 0 Å². The van der Waals surface area contributed by atoms with E-state index in [9.17, 15) is 0 Å². The van der Waals surface area contributed by atoms with E-state index < -0.39 is 0 Å². The molecule has 0 radical (unpaired) electrons. The van der Waals surface area contributed by atoms with Gasteiger partial charge in [0.15, 0.2) is 0 Å². The minimum absolute atomic E-state index is 0.154. The van der Waals surface area contributed by atoms with Crippen LogP contribution >= 0.6 is 43.5 Å². The minimum Gasteiger partial charge on any atom is -0.0843 e. The summed E-state index contributed by atoms with van der Waals surface area (Å²) in [6, 6.07) is 16.1. The van der Waals surface area contributed by atoms with Crippen LogP contribution in [0.1, 0.15) is 16.0 Å². The van der Waals surface area contributed by atoms with E-state index in [0.717, 1.165) is 15.1 Å². The first-order valence-corrected chi connectivity index (χ1v) is 6.91. The lowest BCUT2D eigenvalue weighted by molar-refractivity contribution is 1.16. The van der Waals surface area contributed by atoms with E-state index in [1.54, 1.807) is 0 Å². The van der Waals surface area contributed by atoms with Gasteiger partial charge in [-0.1, -0.05) is 73.8 Å². The third-order valence-electron chi connectivity index (χ3n) is 2.32. The second kappa shape index (κ2) is 5.35. The summed E-state index contributed by atoms with van der Waals surface area (Å²) in [5, 5.41) is 0.749. The summed E-state index contributed by atoms with van der Waals surface area (Å²) in [4.78, 5) is 0.154. The first kappa shape index (κ1) is 12.2. The molecule has 0 saturated heterocycles. The molecule has 1 atom stereocenters. The SMILES string of the molecule is Clc1ccc(Br)c(C(Br)c2ccccc2)c1. The third kappa shape index (κ3) is 2.68. The van der Waals surface area contributed by atoms with Crippen LogP contribution in [-0.4, -0.2) is 0 Å². The maximum atomic E-state index is 6.01. The van der Waals surface area contributed by atoms with Crippen LogP contribution in [0.2, 0.25) is 5.02 Å². The molecule has 0 bridgehead atoms. The van der Waals surface area contributed by atoms with Crippen LogP contribution in [0.3, 0.4) is 0 Å². The van der Waals surface area contributed by atoms with Gasteiger partial charge in [-0.05, 0) is 29.3 Å². The van der Waals surface area contributed by atoms with Crippen molar-refractivity contribution in [3.05, 3.63) is 69.2 Å². The topological polar surface area (TPSA) is 0 Å². The van der Waals surface area contributed by atoms with Crippen LogP contribution in [0, 0.1) is 0 Å². The molecule has 0 aliphatic heterocycles. The summed E-state index contributed by atoms with van der Waals surface area (Å²) in [7, 11) is 0. The van der Waals surface area contributed by atoms with Crippen LogP contribution in [-0.2, 0) is 0 Å². The Labute approximate surface area is 117 Å². The zero-order chi connectivity index (χ0) is 11.5. The molecule has 0 saturated carbocycles. The highest BCUT2D eigenvalue weighted by atomic mass is 79.9. The fraction of sp³-hybridized carbons (Fsp3) is 0.0769. The first-order valence-electron chi connectivity index (χ1n) is 4.82. The van der Waals surface area contributed by atoms with Crippen LogP contribution in [0.4, 0.5) is 0 Å². The van der Waals surface area contributed by atoms with Gasteiger partial charge in [0, 0.05) is 9.50 Å². The lowest BCUT2D eigenvalue weighted by atomic mass is 10.1. The Morgan fingerprint density at radius 3 is 2.38 bits per heavy atom. The molecule has 82 valence electrons. The van der Waals surface area contributed by atoms with Gasteiger partial charge >= 0.3 is 0 Å². The number of halogens is 3. The van der Waals surface area contributed by atoms with Crippen molar-refractivity contribution >= 4 is 43.5 Å². The average molecular weight is 360 g/mol. The van der Waals surface area contributed by atoms with Gasteiger partial charge in [-0.2, -0.15) is 0 Å². The molecule has 2 rings (SSSR count). The Balaban J connectivity index is 2.41. The Hall–Kier alpha value is -0.310. The number of rotatable bonds is 2. The second-order valence-corrected chi connectivity index (χ2v) is 5.65. The molecule has 0 N–H and O–H groups in total. The highest BCUT2D eigenvalue weighted by Gasteiger charge is 2.13. The van der Waals surface area contributed by atoms with Crippen molar-refractivity contribution in [2.75, 3.05) is 0 Å². The molecule has 0 aliphatic carbocycles. The maximum absolute atomic E-state index is 6.01. The van der Waals surface area contributed by atoms with Crippen LogP contribution in [0.5, 0.6) is 0 Å². The summed E-state index contributed by atoms with van der Waals surface area (Å²) in [6.07, 6.45) is 0. The van der Waals surface area contributed by atoms with Gasteiger partial charge in [0.2, 0.25) is 0 Å². The summed E-state index contributed by atoms with van der Waals surface area (Å²) in [6.45, 7) is 0. The number of alkyl halides is 1. The zero-order valence-corrected chi connectivity index (χ0v) is 12.3. The van der Waals surface area contributed by atoms with Crippen molar-refractivity contribution in [2.45, 2.75) is 4.83 Å². The standard InChI is InChI=1S/C13H9Br2Cl/c14-12-7-6-10(16)8-11(12)13(15)9-4-2-1-3-5-9/h1-8,13H. The molecule has 16 heavy (non-hydrogen) atoms. The quantitative estimate of drug-likeness (QED) is 0.613. The molecule has 0 aromatic heterocycles. The smallest absolute Gasteiger partial charge is 0.0656 e. The predicted molar refractivity (Wildman–Crippen MR) is 76.4 cm³/mol. The molecule has 2 aromatic rings. The molecular formula is C13H9Br2Cl. The van der Waals surface area contributed by atoms with Crippen LogP contribution < -0.4 is 0 Å². The van der Waals surface area contributed by atoms with E-state index in [4.69, 9.17) is 11.6 Å². The van der Waals surface area contributed by atoms with Crippen LogP contribution in [0.15, 0.2) is 53.0 Å². The largest absolute Gasteiger partial charge is 0.0843 e. The van der Waals surface area contributed by atoms with E-state index in [1.165, 1.54) is 5.56 Å². The predicted octanol–water partition coefficient (Wildman–Crippen LogP) is 5.59. The summed E-state index contributed by atoms with van der Waals surface area (Å²) in [5.41, 5.74) is 2.35. The van der Waals surface area contributed by atoms with Gasteiger partial charge in [0.1, 0.15) is 0 Å². The first-order chi connectivity index (χ1) is 7.68. The Morgan fingerprint density at radius 2 is 1.69 bits per heavy atom. The molecule has 1 unspecified atom stereocenters. The molecule has 0 nitrogen and oxygen atoms in total. The second-order valence-electron chi connectivity index (χ2n) is 3.44. The molecule has 0 spiro atoms. The Morgan fingerprint density at radius 1 is 1.00 bits per heavy atom. The van der Waals surface area contributed by atoms with Gasteiger partial charge in [0.25, 0.3) is 0 Å². The number of hydrogen-bond donors (Lipinski definition) is 0. The molecule has 0 amide bonds. The maximum Gasteiger partial charge on any atom is 0.0656 e. The molecular weight excluding hydrogens is 351 g/mol. The highest BCUT2D eigenvalue weighted by molar-refractivity contribution is 9.11. The van der Waals surface area contributed by atoms with Crippen molar-refractivity contribution in [1.82, 2.24) is 0 Å². The zero-order valence-electron chi connectivity index (χ0n) is 8.33. The lowest BCUT2D eigenvalue weighted by Crippen LogP contribution is -1.93. The number of hydrogen-bond acceptors (Lipinski definition) is 0. The molecule has 3 heteroatoms. The van der Waals surface area contributed by atoms with E-state index in [-0.39, 0.29) is 4.83 Å². The third-order valence-corrected chi connectivity index (χ3v) is 4.30. The summed E-state index contributed by atoms with van der Waals surface area (Å²) >= 11 is 13.2. The van der Waals surface area contributed by atoms with Crippen molar-refractivity contribution in [3.8, 4) is 0 Å². The monoisotopic (exact) mass is 358 g/mol. The van der Waals surface area contributed by atoms with E-state index in [1.807, 2.05) is 36.4 Å². The average Bonchev–Trinajstić information content (AvgIpc) is 2.32. The van der Waals surface area contributed by atoms with Crippen molar-refractivity contribution < 1.29 is 0 Å². The fourth-order valence-electron chi connectivity index (χ4n) is 1.51. The van der Waals surface area contributed by atoms with Gasteiger partial charge in [-0.15, -0.1) is 0 Å². The van der Waals surface area contributed by atoms with Gasteiger partial charge in [-0.25, -0.2) is 0 Å². The molecule has 0 fully saturated rings. The lowest BCUT2D eigenvalue weighted by Gasteiger charge is -2.12. The van der Waals surface area contributed by atoms with E-state index >= 15 is 0 Å². The Kier molecular flexibility index (Phi) is 4.06. The van der Waals surface area contributed by atoms with Crippen molar-refractivity contribution in [1.29, 1.82) is 0 Å². The van der Waals surface area contributed by atoms with Crippen molar-refractivity contribution in [3.63, 3.8) is 0 Å². The molecule has 2 aromatic carbocycles. The summed E-state index contributed by atoms with van der Waals surface area (Å²) in [5.74, 6) is 0. The fourth-order valence-corrected chi connectivity index (χ4v) is 3.16. The Bertz CT molecular complexity index is 483. The molecule has 0 heterocycles. The van der Waals surface area contributed by atoms with E-state index in [0.29, 0.717) is 0 Å². The van der Waals surface area contributed by atoms with Crippen molar-refractivity contribution in [2.24, 2.45) is 0 Å². The van der Waals surface area contributed by atoms with Gasteiger partial charge < -0.3 is 0 Å². The number of benzene rings is 2. The van der Waals surface area contributed by atoms with Gasteiger partial charge in [-0.3, -0.25) is 0 Å². The highest BCUT2D eigenvalue weighted by Crippen LogP contribution is 2.36. The van der Waals surface area contributed by atoms with Gasteiger partial charge in [0.05, 0.1) is 4.83 Å². The summed E-state index contributed by atoms with van der Waals surface area (Å²) < 4.78 is 1.06. The van der Waals surface area contributed by atoms with E-state index in [2.05, 4.69) is 44.0 Å².